The predicted octanol–water partition coefficient (Wildman–Crippen LogP) is 3.19. The first-order valence-electron chi connectivity index (χ1n) is 11.1. The van der Waals surface area contributed by atoms with E-state index in [0.29, 0.717) is 25.0 Å². The van der Waals surface area contributed by atoms with E-state index in [-0.39, 0.29) is 31.0 Å². The number of hydrogen-bond donors (Lipinski definition) is 1. The fourth-order valence-electron chi connectivity index (χ4n) is 3.25. The van der Waals surface area contributed by atoms with Gasteiger partial charge in [0.05, 0.1) is 14.2 Å². The summed E-state index contributed by atoms with van der Waals surface area (Å²) in [5.41, 5.74) is 1.75. The van der Waals surface area contributed by atoms with E-state index in [1.165, 1.54) is 14.0 Å². The van der Waals surface area contributed by atoms with Gasteiger partial charge in [0.15, 0.2) is 0 Å². The Morgan fingerprint density at radius 3 is 2.03 bits per heavy atom. The minimum Gasteiger partial charge on any atom is -0.497 e. The second kappa shape index (κ2) is 13.8. The monoisotopic (exact) mass is 469 g/mol. The molecule has 2 rings (SSSR count). The maximum absolute atomic E-state index is 12.4. The van der Waals surface area contributed by atoms with Crippen LogP contribution in [0, 0.1) is 0 Å². The summed E-state index contributed by atoms with van der Waals surface area (Å²) in [7, 11) is 2.86. The topological polar surface area (TPSA) is 108 Å². The number of aryl methyl sites for hydroxylation is 1. The van der Waals surface area contributed by atoms with E-state index in [2.05, 4.69) is 5.32 Å². The molecule has 0 aliphatic rings. The number of carbonyl (C=O) groups excluding carboxylic acids is 4. The summed E-state index contributed by atoms with van der Waals surface area (Å²) in [5.74, 6) is -0.0701. The van der Waals surface area contributed by atoms with Gasteiger partial charge in [-0.15, -0.1) is 0 Å². The molecule has 2 aromatic carbocycles. The molecule has 0 aliphatic heterocycles. The minimum atomic E-state index is -0.839. The number of carbonyl (C=O) groups is 4. The highest BCUT2D eigenvalue weighted by atomic mass is 16.5. The molecule has 0 saturated carbocycles. The molecule has 1 unspecified atom stereocenters. The average Bonchev–Trinajstić information content (AvgIpc) is 2.83. The highest BCUT2D eigenvalue weighted by molar-refractivity contribution is 5.84. The Labute approximate surface area is 199 Å². The Balaban J connectivity index is 1.88. The molecule has 0 spiro atoms. The summed E-state index contributed by atoms with van der Waals surface area (Å²) in [4.78, 5) is 47.5. The van der Waals surface area contributed by atoms with Crippen molar-refractivity contribution >= 4 is 23.6 Å². The molecule has 8 nitrogen and oxygen atoms in total. The number of ether oxygens (including phenoxy) is 3. The van der Waals surface area contributed by atoms with Gasteiger partial charge in [0.1, 0.15) is 23.3 Å². The van der Waals surface area contributed by atoms with Gasteiger partial charge in [-0.2, -0.15) is 0 Å². The van der Waals surface area contributed by atoms with Crippen LogP contribution in [0.1, 0.15) is 43.7 Å². The summed E-state index contributed by atoms with van der Waals surface area (Å²) < 4.78 is 15.2. The number of hydrogen-bond acceptors (Lipinski definition) is 7. The van der Waals surface area contributed by atoms with Gasteiger partial charge in [0.2, 0.25) is 5.91 Å². The molecule has 34 heavy (non-hydrogen) atoms. The first kappa shape index (κ1) is 26.6. The molecule has 1 amide bonds. The quantitative estimate of drug-likeness (QED) is 0.355. The van der Waals surface area contributed by atoms with Gasteiger partial charge >= 0.3 is 11.9 Å². The van der Waals surface area contributed by atoms with E-state index >= 15 is 0 Å². The van der Waals surface area contributed by atoms with Crippen molar-refractivity contribution in [2.75, 3.05) is 14.2 Å². The second-order valence-electron chi connectivity index (χ2n) is 7.87. The van der Waals surface area contributed by atoms with Crippen LogP contribution >= 0.6 is 0 Å². The van der Waals surface area contributed by atoms with Crippen LogP contribution in [0.3, 0.4) is 0 Å². The minimum absolute atomic E-state index is 0.0325. The van der Waals surface area contributed by atoms with E-state index in [4.69, 9.17) is 14.2 Å². The molecule has 0 radical (unpaired) electrons. The Hall–Kier alpha value is -3.68. The Morgan fingerprint density at radius 2 is 1.44 bits per heavy atom. The van der Waals surface area contributed by atoms with Gasteiger partial charge in [-0.3, -0.25) is 9.59 Å². The fourth-order valence-corrected chi connectivity index (χ4v) is 3.25. The van der Waals surface area contributed by atoms with Crippen LogP contribution in [0.5, 0.6) is 11.5 Å². The number of esters is 2. The van der Waals surface area contributed by atoms with Crippen molar-refractivity contribution in [2.24, 2.45) is 0 Å². The summed E-state index contributed by atoms with van der Waals surface area (Å²) in [6, 6.07) is 13.3. The number of benzene rings is 2. The smallest absolute Gasteiger partial charge is 0.328 e. The molecule has 8 heteroatoms. The largest absolute Gasteiger partial charge is 0.497 e. The molecular formula is C26H31NO7. The number of methoxy groups -OCH3 is 2. The normalized spacial score (nSPS) is 11.3. The summed E-state index contributed by atoms with van der Waals surface area (Å²) >= 11 is 0. The average molecular weight is 470 g/mol. The highest BCUT2D eigenvalue weighted by Gasteiger charge is 2.22. The van der Waals surface area contributed by atoms with Crippen LogP contribution in [-0.4, -0.2) is 43.9 Å². The van der Waals surface area contributed by atoms with Crippen molar-refractivity contribution < 1.29 is 33.4 Å². The van der Waals surface area contributed by atoms with Gasteiger partial charge < -0.3 is 24.3 Å². The van der Waals surface area contributed by atoms with E-state index in [1.807, 2.05) is 24.3 Å². The van der Waals surface area contributed by atoms with Crippen molar-refractivity contribution in [3.8, 4) is 11.5 Å². The van der Waals surface area contributed by atoms with Crippen LogP contribution in [0.2, 0.25) is 0 Å². The lowest BCUT2D eigenvalue weighted by atomic mass is 10.0. The van der Waals surface area contributed by atoms with E-state index in [9.17, 15) is 19.2 Å². The Morgan fingerprint density at radius 1 is 0.824 bits per heavy atom. The zero-order chi connectivity index (χ0) is 24.9. The van der Waals surface area contributed by atoms with Crippen molar-refractivity contribution in [2.45, 2.75) is 51.5 Å². The lowest BCUT2D eigenvalue weighted by Gasteiger charge is -2.17. The Bertz CT molecular complexity index is 968. The number of Topliss-reactive ketones (excluding diaryl/α,β-unsaturated/α-hetero) is 1. The molecule has 0 fully saturated rings. The van der Waals surface area contributed by atoms with Crippen LogP contribution in [0.4, 0.5) is 0 Å². The van der Waals surface area contributed by atoms with Crippen LogP contribution in [0.25, 0.3) is 0 Å². The van der Waals surface area contributed by atoms with E-state index in [1.54, 1.807) is 31.4 Å². The van der Waals surface area contributed by atoms with Gasteiger partial charge in [-0.1, -0.05) is 24.3 Å². The van der Waals surface area contributed by atoms with Crippen molar-refractivity contribution in [3.63, 3.8) is 0 Å². The molecule has 0 bridgehead atoms. The summed E-state index contributed by atoms with van der Waals surface area (Å²) in [6.45, 7) is 1.48. The molecule has 0 saturated heterocycles. The first-order chi connectivity index (χ1) is 16.3. The third kappa shape index (κ3) is 9.44. The number of amides is 1. The van der Waals surface area contributed by atoms with Gasteiger partial charge in [-0.25, -0.2) is 4.79 Å². The lowest BCUT2D eigenvalue weighted by Crippen LogP contribution is -2.43. The molecule has 1 N–H and O–H groups in total. The maximum Gasteiger partial charge on any atom is 0.328 e. The standard InChI is InChI=1S/C26H31NO7/c1-18(28)5-4-6-25(30)34-22-14-9-20(10-15-22)17-23(26(31)33-3)27-24(29)16-11-19-7-12-21(32-2)13-8-19/h7-10,12-15,23H,4-6,11,16-17H2,1-3H3,(H,27,29). The summed E-state index contributed by atoms with van der Waals surface area (Å²) in [5, 5.41) is 2.74. The van der Waals surface area contributed by atoms with Crippen molar-refractivity contribution in [3.05, 3.63) is 59.7 Å². The molecule has 0 aromatic heterocycles. The maximum atomic E-state index is 12.4. The fraction of sp³-hybridized carbons (Fsp3) is 0.385. The second-order valence-corrected chi connectivity index (χ2v) is 7.87. The Kier molecular flexibility index (Phi) is 10.8. The number of rotatable bonds is 13. The molecular weight excluding hydrogens is 438 g/mol. The third-order valence-corrected chi connectivity index (χ3v) is 5.13. The molecule has 1 atom stereocenters. The molecule has 0 aliphatic carbocycles. The zero-order valence-electron chi connectivity index (χ0n) is 19.8. The summed E-state index contributed by atoms with van der Waals surface area (Å²) in [6.07, 6.45) is 1.93. The van der Waals surface area contributed by atoms with E-state index in [0.717, 1.165) is 16.9 Å². The first-order valence-corrected chi connectivity index (χ1v) is 11.1. The molecule has 0 heterocycles. The van der Waals surface area contributed by atoms with E-state index < -0.39 is 18.0 Å². The van der Waals surface area contributed by atoms with Gasteiger partial charge in [-0.05, 0) is 55.2 Å². The lowest BCUT2D eigenvalue weighted by molar-refractivity contribution is -0.145. The van der Waals surface area contributed by atoms with Crippen LogP contribution in [0.15, 0.2) is 48.5 Å². The van der Waals surface area contributed by atoms with Crippen molar-refractivity contribution in [1.82, 2.24) is 5.32 Å². The molecule has 2 aromatic rings. The highest BCUT2D eigenvalue weighted by Crippen LogP contribution is 2.16. The number of ketones is 1. The zero-order valence-corrected chi connectivity index (χ0v) is 19.8. The van der Waals surface area contributed by atoms with Gasteiger partial charge in [0.25, 0.3) is 0 Å². The van der Waals surface area contributed by atoms with Crippen molar-refractivity contribution in [1.29, 1.82) is 0 Å². The molecule has 182 valence electrons. The SMILES string of the molecule is COC(=O)C(Cc1ccc(OC(=O)CCCC(C)=O)cc1)NC(=O)CCc1ccc(OC)cc1. The van der Waals surface area contributed by atoms with Crippen LogP contribution < -0.4 is 14.8 Å². The van der Waals surface area contributed by atoms with Gasteiger partial charge in [0, 0.05) is 25.7 Å². The predicted molar refractivity (Wildman–Crippen MR) is 126 cm³/mol. The van der Waals surface area contributed by atoms with Crippen LogP contribution in [-0.2, 0) is 36.8 Å². The third-order valence-electron chi connectivity index (χ3n) is 5.13. The number of nitrogens with one attached hydrogen (secondary N) is 1.